The Morgan fingerprint density at radius 2 is 2.25 bits per heavy atom. The van der Waals surface area contributed by atoms with Crippen molar-refractivity contribution in [3.05, 3.63) is 24.3 Å². The van der Waals surface area contributed by atoms with Crippen molar-refractivity contribution in [3.8, 4) is 6.07 Å². The van der Waals surface area contributed by atoms with E-state index < -0.39 is 0 Å². The second-order valence-electron chi connectivity index (χ2n) is 1.07. The minimum Gasteiger partial charge on any atom is -0.193 e. The molecule has 0 aliphatic carbocycles. The van der Waals surface area contributed by atoms with E-state index in [0.29, 0.717) is 5.88 Å². The molecule has 0 unspecified atom stereocenters. The van der Waals surface area contributed by atoms with Crippen LogP contribution in [0.15, 0.2) is 24.3 Å². The van der Waals surface area contributed by atoms with Crippen molar-refractivity contribution < 1.29 is 0 Å². The van der Waals surface area contributed by atoms with Crippen LogP contribution in [0.1, 0.15) is 0 Å². The van der Waals surface area contributed by atoms with Crippen molar-refractivity contribution in [2.75, 3.05) is 5.88 Å². The topological polar surface area (TPSA) is 23.8 Å². The highest BCUT2D eigenvalue weighted by molar-refractivity contribution is 6.18. The highest BCUT2D eigenvalue weighted by Crippen LogP contribution is 1.78. The summed E-state index contributed by atoms with van der Waals surface area (Å²) in [5.41, 5.74) is 0. The van der Waals surface area contributed by atoms with Crippen LogP contribution in [0.2, 0.25) is 0 Å². The summed E-state index contributed by atoms with van der Waals surface area (Å²) >= 11 is 5.28. The Morgan fingerprint density at radius 1 is 1.50 bits per heavy atom. The summed E-state index contributed by atoms with van der Waals surface area (Å²) in [4.78, 5) is 0. The second-order valence-corrected chi connectivity index (χ2v) is 1.38. The van der Waals surface area contributed by atoms with Crippen LogP contribution in [0.3, 0.4) is 0 Å². The Bertz CT molecular complexity index is 130. The Balaban J connectivity index is 3.31. The van der Waals surface area contributed by atoms with Crippen molar-refractivity contribution in [2.45, 2.75) is 0 Å². The summed E-state index contributed by atoms with van der Waals surface area (Å²) in [6, 6.07) is 1.85. The van der Waals surface area contributed by atoms with Gasteiger partial charge in [-0.15, -0.1) is 11.6 Å². The highest BCUT2D eigenvalue weighted by atomic mass is 35.5. The largest absolute Gasteiger partial charge is 0.193 e. The van der Waals surface area contributed by atoms with E-state index in [-0.39, 0.29) is 0 Å². The van der Waals surface area contributed by atoms with Crippen LogP contribution in [-0.4, -0.2) is 5.88 Å². The van der Waals surface area contributed by atoms with Crippen molar-refractivity contribution in [1.82, 2.24) is 0 Å². The number of nitrogens with zero attached hydrogens (tertiary/aromatic N) is 1. The van der Waals surface area contributed by atoms with Crippen LogP contribution in [0.5, 0.6) is 0 Å². The van der Waals surface area contributed by atoms with Crippen molar-refractivity contribution in [1.29, 1.82) is 5.26 Å². The van der Waals surface area contributed by atoms with E-state index in [2.05, 4.69) is 0 Å². The van der Waals surface area contributed by atoms with Crippen molar-refractivity contribution >= 4 is 11.6 Å². The lowest BCUT2D eigenvalue weighted by atomic mass is 10.5. The maximum atomic E-state index is 7.96. The minimum atomic E-state index is 0.496. The van der Waals surface area contributed by atoms with Crippen LogP contribution in [0, 0.1) is 11.3 Å². The smallest absolute Gasteiger partial charge is 0.0912 e. The molecule has 0 rings (SSSR count). The van der Waals surface area contributed by atoms with Crippen molar-refractivity contribution in [3.63, 3.8) is 0 Å². The number of nitriles is 1. The van der Waals surface area contributed by atoms with Gasteiger partial charge in [0.05, 0.1) is 6.07 Å². The Morgan fingerprint density at radius 3 is 2.75 bits per heavy atom. The lowest BCUT2D eigenvalue weighted by molar-refractivity contribution is 1.53. The third-order valence-electron chi connectivity index (χ3n) is 0.507. The molecule has 0 heterocycles. The summed E-state index contributed by atoms with van der Waals surface area (Å²) in [6.07, 6.45) is 6.52. The van der Waals surface area contributed by atoms with Gasteiger partial charge in [0, 0.05) is 12.0 Å². The molecule has 0 aliphatic rings. The normalized spacial score (nSPS) is 10.5. The molecule has 0 saturated heterocycles. The van der Waals surface area contributed by atoms with E-state index in [9.17, 15) is 0 Å². The maximum absolute atomic E-state index is 7.96. The molecule has 0 aliphatic heterocycles. The number of hydrogen-bond acceptors (Lipinski definition) is 1. The lowest BCUT2D eigenvalue weighted by Crippen LogP contribution is -1.55. The number of alkyl halides is 1. The Hall–Kier alpha value is -0.740. The monoisotopic (exact) mass is 127 g/mol. The number of halogens is 1. The van der Waals surface area contributed by atoms with Gasteiger partial charge in [-0.2, -0.15) is 5.26 Å². The quantitative estimate of drug-likeness (QED) is 0.316. The van der Waals surface area contributed by atoms with E-state index in [1.54, 1.807) is 18.2 Å². The van der Waals surface area contributed by atoms with Crippen LogP contribution >= 0.6 is 11.6 Å². The van der Waals surface area contributed by atoms with E-state index >= 15 is 0 Å². The zero-order valence-electron chi connectivity index (χ0n) is 4.34. The molecule has 2 heteroatoms. The first kappa shape index (κ1) is 7.26. The highest BCUT2D eigenvalue weighted by Gasteiger charge is 1.62. The molecule has 0 aromatic carbocycles. The molecule has 0 N–H and O–H groups in total. The molecule has 8 heavy (non-hydrogen) atoms. The summed E-state index contributed by atoms with van der Waals surface area (Å²) < 4.78 is 0. The molecule has 1 nitrogen and oxygen atoms in total. The molecule has 0 atom stereocenters. The van der Waals surface area contributed by atoms with Gasteiger partial charge in [-0.1, -0.05) is 18.2 Å². The molecule has 0 saturated carbocycles. The first-order chi connectivity index (χ1) is 3.91. The van der Waals surface area contributed by atoms with E-state index in [4.69, 9.17) is 16.9 Å². The lowest BCUT2D eigenvalue weighted by Gasteiger charge is -1.68. The van der Waals surface area contributed by atoms with E-state index in [1.165, 1.54) is 6.08 Å². The maximum Gasteiger partial charge on any atom is 0.0912 e. The average Bonchev–Trinajstić information content (AvgIpc) is 1.81. The van der Waals surface area contributed by atoms with E-state index in [1.807, 2.05) is 6.07 Å². The van der Waals surface area contributed by atoms with Crippen LogP contribution in [0.4, 0.5) is 0 Å². The van der Waals surface area contributed by atoms with Gasteiger partial charge < -0.3 is 0 Å². The molecule has 0 fully saturated rings. The Labute approximate surface area is 53.9 Å². The fourth-order valence-electron chi connectivity index (χ4n) is 0.229. The number of allylic oxidation sites excluding steroid dienone is 4. The van der Waals surface area contributed by atoms with Crippen LogP contribution in [-0.2, 0) is 0 Å². The van der Waals surface area contributed by atoms with Gasteiger partial charge >= 0.3 is 0 Å². The molecule has 0 bridgehead atoms. The molecular weight excluding hydrogens is 122 g/mol. The summed E-state index contributed by atoms with van der Waals surface area (Å²) in [6.45, 7) is 0. The molecule has 0 radical (unpaired) electrons. The SMILES string of the molecule is N#CC=CC=CCCl. The third kappa shape index (κ3) is 5.26. The zero-order valence-corrected chi connectivity index (χ0v) is 5.10. The van der Waals surface area contributed by atoms with Gasteiger partial charge in [0.2, 0.25) is 0 Å². The fraction of sp³-hybridized carbons (Fsp3) is 0.167. The molecular formula is C6H6ClN. The zero-order chi connectivity index (χ0) is 6.24. The van der Waals surface area contributed by atoms with Gasteiger partial charge in [0.1, 0.15) is 0 Å². The summed E-state index contributed by atoms with van der Waals surface area (Å²) in [5.74, 6) is 0.496. The predicted molar refractivity (Wildman–Crippen MR) is 34.6 cm³/mol. The molecule has 42 valence electrons. The number of rotatable bonds is 2. The molecule has 0 spiro atoms. The summed E-state index contributed by atoms with van der Waals surface area (Å²) in [5, 5.41) is 7.96. The van der Waals surface area contributed by atoms with Gasteiger partial charge in [0.15, 0.2) is 0 Å². The van der Waals surface area contributed by atoms with Gasteiger partial charge in [-0.05, 0) is 0 Å². The second kappa shape index (κ2) is 6.26. The molecule has 0 amide bonds. The van der Waals surface area contributed by atoms with Gasteiger partial charge in [0.25, 0.3) is 0 Å². The van der Waals surface area contributed by atoms with Crippen LogP contribution in [0.25, 0.3) is 0 Å². The first-order valence-corrected chi connectivity index (χ1v) is 2.72. The minimum absolute atomic E-state index is 0.496. The molecule has 0 aromatic heterocycles. The third-order valence-corrected chi connectivity index (χ3v) is 0.685. The first-order valence-electron chi connectivity index (χ1n) is 2.19. The fourth-order valence-corrected chi connectivity index (χ4v) is 0.331. The standard InChI is InChI=1S/C6H6ClN/c7-5-3-1-2-4-6-8/h1-4H,5H2. The van der Waals surface area contributed by atoms with Crippen LogP contribution < -0.4 is 0 Å². The van der Waals surface area contributed by atoms with Crippen molar-refractivity contribution in [2.24, 2.45) is 0 Å². The van der Waals surface area contributed by atoms with E-state index in [0.717, 1.165) is 0 Å². The molecule has 0 aromatic rings. The predicted octanol–water partition coefficient (Wildman–Crippen LogP) is 1.86. The van der Waals surface area contributed by atoms with Gasteiger partial charge in [-0.3, -0.25) is 0 Å². The Kier molecular flexibility index (Phi) is 5.68. The summed E-state index contributed by atoms with van der Waals surface area (Å²) in [7, 11) is 0. The average molecular weight is 128 g/mol. The van der Waals surface area contributed by atoms with Gasteiger partial charge in [-0.25, -0.2) is 0 Å². The number of hydrogen-bond donors (Lipinski definition) is 0.